The molecule has 6 rings (SSSR count). The van der Waals surface area contributed by atoms with Gasteiger partial charge >= 0.3 is 7.12 Å². The van der Waals surface area contributed by atoms with Gasteiger partial charge in [0.25, 0.3) is 0 Å². The highest BCUT2D eigenvalue weighted by atomic mass is 16.7. The number of rotatable bonds is 3. The van der Waals surface area contributed by atoms with Gasteiger partial charge in [0.1, 0.15) is 0 Å². The van der Waals surface area contributed by atoms with Crippen molar-refractivity contribution in [2.75, 3.05) is 4.90 Å². The highest BCUT2D eigenvalue weighted by molar-refractivity contribution is 6.62. The maximum atomic E-state index is 6.38. The lowest BCUT2D eigenvalue weighted by atomic mass is 9.76. The third-order valence-corrected chi connectivity index (χ3v) is 7.87. The van der Waals surface area contributed by atoms with Crippen molar-refractivity contribution in [2.45, 2.75) is 50.9 Å². The van der Waals surface area contributed by atoms with Gasteiger partial charge in [0.2, 0.25) is 0 Å². The van der Waals surface area contributed by atoms with Crippen molar-refractivity contribution >= 4 is 29.5 Å². The maximum Gasteiger partial charge on any atom is 0.494 e. The van der Waals surface area contributed by atoms with Crippen LogP contribution in [-0.4, -0.2) is 24.4 Å². The minimum absolute atomic E-state index is 0.193. The van der Waals surface area contributed by atoms with E-state index in [0.717, 1.165) is 5.46 Å². The van der Waals surface area contributed by atoms with E-state index in [4.69, 9.17) is 9.31 Å². The van der Waals surface area contributed by atoms with Crippen molar-refractivity contribution in [3.63, 3.8) is 0 Å². The number of hydrogen-bond donors (Lipinski definition) is 0. The van der Waals surface area contributed by atoms with Crippen molar-refractivity contribution in [2.24, 2.45) is 0 Å². The molecule has 1 aliphatic carbocycles. The van der Waals surface area contributed by atoms with Gasteiger partial charge in [-0.25, -0.2) is 0 Å². The number of nitrogens with zero attached hydrogens (tertiary/aromatic N) is 1. The van der Waals surface area contributed by atoms with Crippen LogP contribution >= 0.6 is 0 Å². The molecule has 1 saturated heterocycles. The fourth-order valence-corrected chi connectivity index (χ4v) is 5.37. The van der Waals surface area contributed by atoms with Gasteiger partial charge in [0, 0.05) is 17.3 Å². The van der Waals surface area contributed by atoms with Crippen molar-refractivity contribution < 1.29 is 9.31 Å². The highest BCUT2D eigenvalue weighted by Crippen LogP contribution is 2.51. The van der Waals surface area contributed by atoms with Crippen LogP contribution in [0, 0.1) is 0 Å². The lowest BCUT2D eigenvalue weighted by molar-refractivity contribution is 0.00578. The molecule has 2 atom stereocenters. The zero-order valence-electron chi connectivity index (χ0n) is 20.2. The van der Waals surface area contributed by atoms with E-state index in [1.807, 2.05) is 0 Å². The minimum Gasteiger partial charge on any atom is -0.399 e. The van der Waals surface area contributed by atoms with E-state index in [1.54, 1.807) is 0 Å². The Labute approximate surface area is 202 Å². The summed E-state index contributed by atoms with van der Waals surface area (Å²) in [6.45, 7) is 8.42. The second kappa shape index (κ2) is 7.73. The molecular weight excluding hydrogens is 417 g/mol. The van der Waals surface area contributed by atoms with Crippen LogP contribution in [0.3, 0.4) is 0 Å². The van der Waals surface area contributed by atoms with E-state index in [2.05, 4.69) is 130 Å². The fourth-order valence-electron chi connectivity index (χ4n) is 5.37. The van der Waals surface area contributed by atoms with Gasteiger partial charge in [-0.1, -0.05) is 78.9 Å². The first-order valence-corrected chi connectivity index (χ1v) is 12.1. The van der Waals surface area contributed by atoms with Crippen LogP contribution in [0.1, 0.15) is 44.7 Å². The molecule has 0 N–H and O–H groups in total. The van der Waals surface area contributed by atoms with E-state index in [1.165, 1.54) is 28.1 Å². The molecule has 170 valence electrons. The largest absolute Gasteiger partial charge is 0.494 e. The topological polar surface area (TPSA) is 21.7 Å². The predicted octanol–water partition coefficient (Wildman–Crippen LogP) is 6.24. The molecule has 0 radical (unpaired) electrons. The zero-order chi connectivity index (χ0) is 23.5. The van der Waals surface area contributed by atoms with E-state index in [0.29, 0.717) is 0 Å². The second-order valence-electron chi connectivity index (χ2n) is 10.5. The Balaban J connectivity index is 1.46. The molecule has 1 fully saturated rings. The van der Waals surface area contributed by atoms with Crippen molar-refractivity contribution in [1.82, 2.24) is 0 Å². The normalized spacial score (nSPS) is 24.1. The summed E-state index contributed by atoms with van der Waals surface area (Å²) in [5, 5.41) is 0. The molecule has 3 nitrogen and oxygen atoms in total. The molecule has 3 aliphatic rings. The summed E-state index contributed by atoms with van der Waals surface area (Å²) in [5.74, 6) is 0.248. The summed E-state index contributed by atoms with van der Waals surface area (Å²) >= 11 is 0. The summed E-state index contributed by atoms with van der Waals surface area (Å²) in [4.78, 5) is 2.50. The standard InChI is InChI=1S/C30H30BNO2/c1-29(2)30(3,4)34-31(33-29)22-18-19-27-26(20-22)25-17-11-16-24(21-12-7-5-8-13-21)28(25)32(27)23-14-9-6-10-15-23/h5-20,25,28H,1-4H3. The number of para-hydroxylation sites is 1. The molecule has 0 spiro atoms. The van der Waals surface area contributed by atoms with Crippen LogP contribution in [-0.2, 0) is 9.31 Å². The summed E-state index contributed by atoms with van der Waals surface area (Å²) in [6.07, 6.45) is 6.82. The minimum atomic E-state index is -0.365. The SMILES string of the molecule is CC1(C)OB(c2ccc3c(c2)C2C=CC=C(c4ccccc4)C2N3c2ccccc2)OC1(C)C. The van der Waals surface area contributed by atoms with Gasteiger partial charge in [0.05, 0.1) is 17.2 Å². The summed E-state index contributed by atoms with van der Waals surface area (Å²) < 4.78 is 12.8. The van der Waals surface area contributed by atoms with Crippen molar-refractivity contribution in [3.05, 3.63) is 108 Å². The quantitative estimate of drug-likeness (QED) is 0.444. The molecule has 3 aromatic carbocycles. The van der Waals surface area contributed by atoms with Crippen LogP contribution in [0.5, 0.6) is 0 Å². The molecule has 34 heavy (non-hydrogen) atoms. The molecule has 0 bridgehead atoms. The maximum absolute atomic E-state index is 6.38. The Kier molecular flexibility index (Phi) is 4.88. The van der Waals surface area contributed by atoms with Gasteiger partial charge in [-0.2, -0.15) is 0 Å². The van der Waals surface area contributed by atoms with Crippen LogP contribution < -0.4 is 10.4 Å². The first-order valence-electron chi connectivity index (χ1n) is 12.1. The molecule has 2 unspecified atom stereocenters. The van der Waals surface area contributed by atoms with Gasteiger partial charge in [-0.3, -0.25) is 0 Å². The summed E-state index contributed by atoms with van der Waals surface area (Å²) in [7, 11) is -0.365. The van der Waals surface area contributed by atoms with Crippen molar-refractivity contribution in [1.29, 1.82) is 0 Å². The molecule has 0 amide bonds. The summed E-state index contributed by atoms with van der Waals surface area (Å²) in [6, 6.07) is 28.4. The molecule has 0 aromatic heterocycles. The summed E-state index contributed by atoms with van der Waals surface area (Å²) in [5.41, 5.74) is 6.74. The Morgan fingerprint density at radius 1 is 0.794 bits per heavy atom. The first kappa shape index (κ1) is 21.5. The van der Waals surface area contributed by atoms with Crippen LogP contribution in [0.25, 0.3) is 5.57 Å². The number of fused-ring (bicyclic) bond motifs is 3. The molecule has 4 heteroatoms. The predicted molar refractivity (Wildman–Crippen MR) is 141 cm³/mol. The lowest BCUT2D eigenvalue weighted by Gasteiger charge is -2.33. The number of hydrogen-bond acceptors (Lipinski definition) is 3. The van der Waals surface area contributed by atoms with E-state index in [-0.39, 0.29) is 30.3 Å². The number of benzene rings is 3. The molecule has 2 heterocycles. The molecule has 0 saturated carbocycles. The average Bonchev–Trinajstić information content (AvgIpc) is 3.29. The Morgan fingerprint density at radius 2 is 1.44 bits per heavy atom. The fraction of sp³-hybridized carbons (Fsp3) is 0.267. The van der Waals surface area contributed by atoms with Gasteiger partial charge in [-0.15, -0.1) is 0 Å². The van der Waals surface area contributed by atoms with Crippen molar-refractivity contribution in [3.8, 4) is 0 Å². The first-order chi connectivity index (χ1) is 16.4. The Morgan fingerprint density at radius 3 is 2.12 bits per heavy atom. The molecule has 3 aromatic rings. The second-order valence-corrected chi connectivity index (χ2v) is 10.5. The third kappa shape index (κ3) is 3.28. The van der Waals surface area contributed by atoms with Crippen LogP contribution in [0.15, 0.2) is 97.1 Å². The smallest absolute Gasteiger partial charge is 0.399 e. The average molecular weight is 447 g/mol. The molecular formula is C30H30BNO2. The van der Waals surface area contributed by atoms with Crippen LogP contribution in [0.4, 0.5) is 11.4 Å². The van der Waals surface area contributed by atoms with E-state index >= 15 is 0 Å². The van der Waals surface area contributed by atoms with Gasteiger partial charge < -0.3 is 14.2 Å². The Bertz CT molecular complexity index is 1260. The molecule has 2 aliphatic heterocycles. The zero-order valence-corrected chi connectivity index (χ0v) is 20.2. The highest BCUT2D eigenvalue weighted by Gasteiger charge is 2.52. The Hall–Kier alpha value is -3.08. The van der Waals surface area contributed by atoms with E-state index < -0.39 is 0 Å². The number of allylic oxidation sites excluding steroid dienone is 2. The number of anilines is 2. The lowest BCUT2D eigenvalue weighted by Crippen LogP contribution is -2.41. The van der Waals surface area contributed by atoms with E-state index in [9.17, 15) is 0 Å². The third-order valence-electron chi connectivity index (χ3n) is 7.87. The van der Waals surface area contributed by atoms with Gasteiger partial charge in [-0.05, 0) is 68.1 Å². The van der Waals surface area contributed by atoms with Crippen LogP contribution in [0.2, 0.25) is 0 Å². The van der Waals surface area contributed by atoms with Gasteiger partial charge in [0.15, 0.2) is 0 Å². The monoisotopic (exact) mass is 447 g/mol.